The van der Waals surface area contributed by atoms with Crippen LogP contribution in [0.1, 0.15) is 24.0 Å². The highest BCUT2D eigenvalue weighted by Gasteiger charge is 2.57. The van der Waals surface area contributed by atoms with Crippen LogP contribution in [0.25, 0.3) is 0 Å². The number of nitrogens with one attached hydrogen (secondary N) is 2. The van der Waals surface area contributed by atoms with Gasteiger partial charge in [-0.25, -0.2) is 14.6 Å². The van der Waals surface area contributed by atoms with Crippen LogP contribution in [-0.2, 0) is 37.1 Å². The topological polar surface area (TPSA) is 241 Å². The van der Waals surface area contributed by atoms with E-state index >= 15 is 0 Å². The van der Waals surface area contributed by atoms with Gasteiger partial charge in [-0.2, -0.15) is 0 Å². The van der Waals surface area contributed by atoms with Crippen molar-refractivity contribution in [1.82, 2.24) is 25.3 Å². The fraction of sp³-hybridized carbons (Fsp3) is 0.318. The first-order valence-electron chi connectivity index (χ1n) is 20.4. The first kappa shape index (κ1) is 48.2. The molecule has 4 aliphatic rings. The Bertz CT molecular complexity index is 2540. The van der Waals surface area contributed by atoms with E-state index in [4.69, 9.17) is 28.0 Å². The highest BCUT2D eigenvalue weighted by molar-refractivity contribution is 6.30. The Morgan fingerprint density at radius 3 is 1.53 bits per heavy atom. The summed E-state index contributed by atoms with van der Waals surface area (Å²) in [5.74, 6) is -0.940. The Morgan fingerprint density at radius 2 is 1.15 bits per heavy atom. The number of anilines is 2. The van der Waals surface area contributed by atoms with Crippen molar-refractivity contribution >= 4 is 81.7 Å². The summed E-state index contributed by atoms with van der Waals surface area (Å²) in [5.41, 5.74) is 0.174. The van der Waals surface area contributed by atoms with Gasteiger partial charge in [-0.05, 0) is 79.0 Å². The molecule has 2 atom stereocenters. The Labute approximate surface area is 388 Å². The molecule has 4 fully saturated rings. The monoisotopic (exact) mass is 942 g/mol. The van der Waals surface area contributed by atoms with Crippen LogP contribution in [0.2, 0.25) is 10.0 Å². The zero-order chi connectivity index (χ0) is 47.8. The van der Waals surface area contributed by atoms with E-state index in [1.807, 2.05) is 12.1 Å². The SMILES string of the molecule is CN=C=O.CNC(=O)N1CCC2(C1)C(=O)N(c1ccc([N+](=O)[O-])cc1)CC(=O)N2Cc1ccc(Cl)cc1.O=C1CN(c2ccc([N+](=O)[O-])cc2)C(=O)C2(CCNC2)N1Cc1ccc(Cl)cc1. The van der Waals surface area contributed by atoms with Crippen LogP contribution in [0.15, 0.2) is 102 Å². The molecular weight excluding hydrogens is 899 g/mol. The number of benzene rings is 4. The number of nitro groups is 2. The van der Waals surface area contributed by atoms with E-state index in [-0.39, 0.29) is 73.6 Å². The number of nitrogens with zero attached hydrogens (tertiary/aromatic N) is 8. The summed E-state index contributed by atoms with van der Waals surface area (Å²) in [7, 11) is 2.89. The molecule has 2 spiro atoms. The smallest absolute Gasteiger partial charge is 0.317 e. The van der Waals surface area contributed by atoms with Gasteiger partial charge < -0.3 is 35.1 Å². The van der Waals surface area contributed by atoms with Crippen molar-refractivity contribution in [2.24, 2.45) is 4.99 Å². The summed E-state index contributed by atoms with van der Waals surface area (Å²) in [6, 6.07) is 25.1. The molecule has 4 aromatic rings. The number of piperazine rings is 2. The van der Waals surface area contributed by atoms with Crippen LogP contribution in [0.5, 0.6) is 0 Å². The molecule has 0 radical (unpaired) electrons. The van der Waals surface area contributed by atoms with Crippen molar-refractivity contribution in [2.75, 3.05) is 63.2 Å². The van der Waals surface area contributed by atoms with Gasteiger partial charge in [0.1, 0.15) is 24.2 Å². The number of amides is 6. The maximum Gasteiger partial charge on any atom is 0.317 e. The van der Waals surface area contributed by atoms with Crippen molar-refractivity contribution in [3.05, 3.63) is 138 Å². The van der Waals surface area contributed by atoms with Gasteiger partial charge in [0, 0.05) is 86.0 Å². The Hall–Kier alpha value is -7.25. The summed E-state index contributed by atoms with van der Waals surface area (Å²) in [4.78, 5) is 106. The van der Waals surface area contributed by atoms with Crippen molar-refractivity contribution in [3.8, 4) is 0 Å². The largest absolute Gasteiger partial charge is 0.341 e. The van der Waals surface area contributed by atoms with Crippen LogP contribution in [0.4, 0.5) is 27.5 Å². The van der Waals surface area contributed by atoms with Crippen LogP contribution in [0, 0.1) is 20.2 Å². The lowest BCUT2D eigenvalue weighted by Gasteiger charge is -2.47. The molecular formula is C44H44Cl2N10O10. The third-order valence-electron chi connectivity index (χ3n) is 11.7. The molecule has 20 nitrogen and oxygen atoms in total. The zero-order valence-corrected chi connectivity index (χ0v) is 37.2. The molecule has 2 unspecified atom stereocenters. The van der Waals surface area contributed by atoms with E-state index in [0.717, 1.165) is 11.1 Å². The second kappa shape index (κ2) is 20.7. The molecule has 4 aromatic carbocycles. The molecule has 0 saturated carbocycles. The van der Waals surface area contributed by atoms with E-state index in [9.17, 15) is 44.2 Å². The van der Waals surface area contributed by atoms with Gasteiger partial charge in [0.25, 0.3) is 23.2 Å². The van der Waals surface area contributed by atoms with Gasteiger partial charge in [-0.1, -0.05) is 47.5 Å². The van der Waals surface area contributed by atoms with Crippen molar-refractivity contribution in [3.63, 3.8) is 0 Å². The molecule has 0 aromatic heterocycles. The summed E-state index contributed by atoms with van der Waals surface area (Å²) in [6.45, 7) is 1.56. The number of hydrogen-bond acceptors (Lipinski definition) is 12. The number of isocyanates is 1. The fourth-order valence-corrected chi connectivity index (χ4v) is 8.61. The van der Waals surface area contributed by atoms with Gasteiger partial charge >= 0.3 is 6.03 Å². The zero-order valence-electron chi connectivity index (χ0n) is 35.7. The predicted molar refractivity (Wildman–Crippen MR) is 243 cm³/mol. The van der Waals surface area contributed by atoms with E-state index in [0.29, 0.717) is 54.0 Å². The lowest BCUT2D eigenvalue weighted by atomic mass is 9.90. The van der Waals surface area contributed by atoms with Crippen LogP contribution < -0.4 is 20.4 Å². The fourth-order valence-electron chi connectivity index (χ4n) is 8.36. The third-order valence-corrected chi connectivity index (χ3v) is 12.2. The average molecular weight is 944 g/mol. The molecule has 0 bridgehead atoms. The number of rotatable bonds is 8. The quantitative estimate of drug-likeness (QED) is 0.106. The number of carbonyl (C=O) groups excluding carboxylic acids is 6. The molecule has 0 aliphatic carbocycles. The van der Waals surface area contributed by atoms with Crippen LogP contribution in [0.3, 0.4) is 0 Å². The highest BCUT2D eigenvalue weighted by Crippen LogP contribution is 2.38. The van der Waals surface area contributed by atoms with E-state index in [1.165, 1.54) is 83.4 Å². The highest BCUT2D eigenvalue weighted by atomic mass is 35.5. The summed E-state index contributed by atoms with van der Waals surface area (Å²) in [6.07, 6.45) is 2.09. The normalized spacial score (nSPS) is 20.1. The summed E-state index contributed by atoms with van der Waals surface area (Å²) in [5, 5.41) is 28.8. The molecule has 344 valence electrons. The molecule has 22 heteroatoms. The molecule has 2 N–H and O–H groups in total. The van der Waals surface area contributed by atoms with E-state index in [1.54, 1.807) is 46.2 Å². The molecule has 4 saturated heterocycles. The van der Waals surface area contributed by atoms with Gasteiger partial charge in [0.2, 0.25) is 17.9 Å². The van der Waals surface area contributed by atoms with Gasteiger partial charge in [-0.15, -0.1) is 0 Å². The first-order valence-corrected chi connectivity index (χ1v) is 21.2. The number of non-ortho nitro benzene ring substituents is 2. The minimum atomic E-state index is -1.25. The molecule has 6 amide bonds. The van der Waals surface area contributed by atoms with Gasteiger partial charge in [0.15, 0.2) is 0 Å². The van der Waals surface area contributed by atoms with Crippen LogP contribution >= 0.6 is 23.2 Å². The Balaban J connectivity index is 0.000000203. The standard InChI is InChI=1S/C22H22ClN5O5.C20H19ClN4O4.C2H3NO/c1-24-21(31)25-11-10-22(14-25)20(30)26(17-6-8-18(9-7-17)28(32)33)13-19(29)27(22)12-15-2-4-16(23)5-3-15;21-15-3-1-14(2-4-15)11-24-18(26)12-23(19(27)20(24)9-10-22-13-20)16-5-7-17(8-6-16)25(28)29;1-3-2-4/h2-9H,10-14H2,1H3,(H,24,31);1-8,22H,9-13H2;1H3. The van der Waals surface area contributed by atoms with E-state index < -0.39 is 20.9 Å². The lowest BCUT2D eigenvalue weighted by molar-refractivity contribution is -0.385. The minimum Gasteiger partial charge on any atom is -0.341 e. The summed E-state index contributed by atoms with van der Waals surface area (Å²) >= 11 is 11.9. The first-order chi connectivity index (χ1) is 31.6. The Morgan fingerprint density at radius 1 is 0.727 bits per heavy atom. The number of urea groups is 1. The number of halogens is 2. The van der Waals surface area contributed by atoms with Gasteiger partial charge in [0.05, 0.1) is 16.4 Å². The number of likely N-dealkylation sites (tertiary alicyclic amines) is 1. The van der Waals surface area contributed by atoms with Crippen LogP contribution in [-0.4, -0.2) is 125 Å². The van der Waals surface area contributed by atoms with Crippen molar-refractivity contribution < 1.29 is 38.6 Å². The molecule has 4 heterocycles. The minimum absolute atomic E-state index is 0.0499. The van der Waals surface area contributed by atoms with E-state index in [2.05, 4.69) is 15.6 Å². The molecule has 8 rings (SSSR count). The van der Waals surface area contributed by atoms with Crippen molar-refractivity contribution in [2.45, 2.75) is 37.0 Å². The second-order valence-corrected chi connectivity index (χ2v) is 16.4. The number of hydrogen-bond donors (Lipinski definition) is 2. The van der Waals surface area contributed by atoms with Gasteiger partial charge in [-0.3, -0.25) is 39.4 Å². The summed E-state index contributed by atoms with van der Waals surface area (Å²) < 4.78 is 0. The number of aliphatic imine (C=N–C) groups is 1. The second-order valence-electron chi connectivity index (χ2n) is 15.6. The Kier molecular flexibility index (Phi) is 15.1. The number of carbonyl (C=O) groups is 5. The average Bonchev–Trinajstić information content (AvgIpc) is 4.00. The maximum atomic E-state index is 13.8. The molecule has 4 aliphatic heterocycles. The van der Waals surface area contributed by atoms with Crippen molar-refractivity contribution in [1.29, 1.82) is 0 Å². The predicted octanol–water partition coefficient (Wildman–Crippen LogP) is 4.72. The lowest BCUT2D eigenvalue weighted by Crippen LogP contribution is -2.69. The number of nitro benzene ring substituents is 2. The molecule has 66 heavy (non-hydrogen) atoms. The maximum absolute atomic E-state index is 13.8. The third kappa shape index (κ3) is 10.2.